The van der Waals surface area contributed by atoms with Gasteiger partial charge in [0, 0.05) is 5.69 Å². The molecule has 0 aliphatic heterocycles. The largest absolute Gasteiger partial charge is 0.573 e. The number of nitrogens with zero attached hydrogens (tertiary/aromatic N) is 1. The fourth-order valence-corrected chi connectivity index (χ4v) is 3.31. The fourth-order valence-electron chi connectivity index (χ4n) is 3.31. The molecule has 0 saturated heterocycles. The minimum Gasteiger partial charge on any atom is -0.462 e. The van der Waals surface area contributed by atoms with E-state index >= 15 is 0 Å². The summed E-state index contributed by atoms with van der Waals surface area (Å²) in [5, 5.41) is 0. The van der Waals surface area contributed by atoms with Gasteiger partial charge in [-0.2, -0.15) is 0 Å². The van der Waals surface area contributed by atoms with E-state index in [1.54, 1.807) is 24.3 Å². The fraction of sp³-hybridized carbons (Fsp3) is 0.259. The molecule has 3 rings (SSSR count). The highest BCUT2D eigenvalue weighted by Crippen LogP contribution is 2.29. The number of amides is 1. The molecule has 3 aromatic carbocycles. The molecule has 3 aromatic rings. The zero-order chi connectivity index (χ0) is 26.5. The summed E-state index contributed by atoms with van der Waals surface area (Å²) < 4.78 is 51.1. The van der Waals surface area contributed by atoms with E-state index in [-0.39, 0.29) is 17.7 Å². The number of halogens is 3. The monoisotopic (exact) mass is 501 g/mol. The Morgan fingerprint density at radius 2 is 1.28 bits per heavy atom. The maximum Gasteiger partial charge on any atom is 0.573 e. The summed E-state index contributed by atoms with van der Waals surface area (Å²) in [5.41, 5.74) is 2.37. The molecule has 0 fully saturated rings. The van der Waals surface area contributed by atoms with Gasteiger partial charge in [-0.15, -0.1) is 13.2 Å². The van der Waals surface area contributed by atoms with E-state index in [0.717, 1.165) is 30.4 Å². The van der Waals surface area contributed by atoms with E-state index in [1.807, 2.05) is 24.3 Å². The van der Waals surface area contributed by atoms with Crippen LogP contribution in [0, 0.1) is 0 Å². The van der Waals surface area contributed by atoms with Gasteiger partial charge in [-0.1, -0.05) is 45.0 Å². The summed E-state index contributed by atoms with van der Waals surface area (Å²) in [6.07, 6.45) is -4.78. The van der Waals surface area contributed by atoms with Gasteiger partial charge in [-0.05, 0) is 65.1 Å². The average molecular weight is 502 g/mol. The second-order valence-electron chi connectivity index (χ2n) is 8.94. The van der Waals surface area contributed by atoms with Gasteiger partial charge < -0.3 is 14.2 Å². The number of ether oxygens (including phenoxy) is 3. The third-order valence-corrected chi connectivity index (χ3v) is 5.21. The molecule has 36 heavy (non-hydrogen) atoms. The highest BCUT2D eigenvalue weighted by Gasteiger charge is 2.31. The van der Waals surface area contributed by atoms with Crippen molar-refractivity contribution < 1.29 is 37.0 Å². The first-order valence-corrected chi connectivity index (χ1v) is 11.0. The molecule has 0 spiro atoms. The lowest BCUT2D eigenvalue weighted by Crippen LogP contribution is -2.36. The van der Waals surface area contributed by atoms with E-state index in [2.05, 4.69) is 30.2 Å². The molecule has 0 aromatic heterocycles. The Kier molecular flexibility index (Phi) is 7.92. The lowest BCUT2D eigenvalue weighted by molar-refractivity contribution is -0.274. The van der Waals surface area contributed by atoms with Crippen molar-refractivity contribution in [1.82, 2.24) is 0 Å². The molecule has 0 heterocycles. The van der Waals surface area contributed by atoms with Crippen molar-refractivity contribution in [3.05, 3.63) is 83.9 Å². The van der Waals surface area contributed by atoms with E-state index < -0.39 is 18.2 Å². The number of methoxy groups -OCH3 is 1. The van der Waals surface area contributed by atoms with Crippen LogP contribution in [0.4, 0.5) is 18.9 Å². The molecular weight excluding hydrogens is 475 g/mol. The number of hydrogen-bond donors (Lipinski definition) is 0. The standard InChI is InChI=1S/C27H26F3NO5/c1-26(2,3)19-7-5-18(6-8-19)17-31(24(32)25(33)34-4)20-9-11-21(12-10-20)35-22-13-15-23(16-14-22)36-27(28,29)30/h5-16H,17H2,1-4H3. The smallest absolute Gasteiger partial charge is 0.462 e. The van der Waals surface area contributed by atoms with Gasteiger partial charge >= 0.3 is 18.2 Å². The third kappa shape index (κ3) is 7.24. The summed E-state index contributed by atoms with van der Waals surface area (Å²) in [7, 11) is 1.14. The second kappa shape index (κ2) is 10.7. The molecule has 0 aliphatic rings. The van der Waals surface area contributed by atoms with Crippen LogP contribution >= 0.6 is 0 Å². The highest BCUT2D eigenvalue weighted by atomic mass is 19.4. The van der Waals surface area contributed by atoms with Crippen LogP contribution in [0.3, 0.4) is 0 Å². The van der Waals surface area contributed by atoms with Gasteiger partial charge in [-0.3, -0.25) is 9.69 Å². The van der Waals surface area contributed by atoms with Gasteiger partial charge in [-0.25, -0.2) is 4.79 Å². The van der Waals surface area contributed by atoms with Crippen molar-refractivity contribution in [1.29, 1.82) is 0 Å². The van der Waals surface area contributed by atoms with Gasteiger partial charge in [0.2, 0.25) is 0 Å². The van der Waals surface area contributed by atoms with E-state index in [1.165, 1.54) is 17.0 Å². The topological polar surface area (TPSA) is 65.1 Å². The van der Waals surface area contributed by atoms with Crippen LogP contribution in [0.15, 0.2) is 72.8 Å². The number of benzene rings is 3. The zero-order valence-electron chi connectivity index (χ0n) is 20.3. The second-order valence-corrected chi connectivity index (χ2v) is 8.94. The number of carbonyl (C=O) groups is 2. The zero-order valence-corrected chi connectivity index (χ0v) is 20.3. The van der Waals surface area contributed by atoms with Crippen molar-refractivity contribution >= 4 is 17.6 Å². The Morgan fingerprint density at radius 3 is 1.75 bits per heavy atom. The summed E-state index contributed by atoms with van der Waals surface area (Å²) in [6, 6.07) is 19.1. The number of carbonyl (C=O) groups excluding carboxylic acids is 2. The minimum atomic E-state index is -4.78. The van der Waals surface area contributed by atoms with Crippen molar-refractivity contribution in [3.63, 3.8) is 0 Å². The minimum absolute atomic E-state index is 0.0262. The van der Waals surface area contributed by atoms with Crippen LogP contribution in [0.1, 0.15) is 31.9 Å². The van der Waals surface area contributed by atoms with Crippen molar-refractivity contribution in [2.45, 2.75) is 39.1 Å². The number of rotatable bonds is 6. The molecule has 0 aliphatic carbocycles. The maximum absolute atomic E-state index is 12.7. The van der Waals surface area contributed by atoms with E-state index in [9.17, 15) is 22.8 Å². The lowest BCUT2D eigenvalue weighted by Gasteiger charge is -2.23. The molecule has 9 heteroatoms. The Bertz CT molecular complexity index is 1180. The normalized spacial score (nSPS) is 11.5. The molecule has 190 valence electrons. The molecule has 0 saturated carbocycles. The Morgan fingerprint density at radius 1 is 0.778 bits per heavy atom. The number of anilines is 1. The van der Waals surface area contributed by atoms with Gasteiger partial charge in [0.25, 0.3) is 0 Å². The highest BCUT2D eigenvalue weighted by molar-refractivity contribution is 6.38. The van der Waals surface area contributed by atoms with Crippen molar-refractivity contribution in [3.8, 4) is 17.2 Å². The third-order valence-electron chi connectivity index (χ3n) is 5.21. The summed E-state index contributed by atoms with van der Waals surface area (Å²) >= 11 is 0. The van der Waals surface area contributed by atoms with Crippen molar-refractivity contribution in [2.75, 3.05) is 12.0 Å². The average Bonchev–Trinajstić information content (AvgIpc) is 2.82. The number of hydrogen-bond acceptors (Lipinski definition) is 5. The van der Waals surface area contributed by atoms with Crippen molar-refractivity contribution in [2.24, 2.45) is 0 Å². The SMILES string of the molecule is COC(=O)C(=O)N(Cc1ccc(C(C)(C)C)cc1)c1ccc(Oc2ccc(OC(F)(F)F)cc2)cc1. The maximum atomic E-state index is 12.7. The predicted molar refractivity (Wildman–Crippen MR) is 128 cm³/mol. The van der Waals surface area contributed by atoms with Crippen LogP contribution in [-0.4, -0.2) is 25.3 Å². The van der Waals surface area contributed by atoms with Gasteiger partial charge in [0.1, 0.15) is 17.2 Å². The number of alkyl halides is 3. The molecule has 1 amide bonds. The molecule has 0 atom stereocenters. The van der Waals surface area contributed by atoms with Crippen LogP contribution in [-0.2, 0) is 26.3 Å². The predicted octanol–water partition coefficient (Wildman–Crippen LogP) is 6.38. The first-order chi connectivity index (χ1) is 16.9. The van der Waals surface area contributed by atoms with E-state index in [0.29, 0.717) is 17.2 Å². The van der Waals surface area contributed by atoms with E-state index in [4.69, 9.17) is 4.74 Å². The van der Waals surface area contributed by atoms with Gasteiger partial charge in [0.15, 0.2) is 0 Å². The molecule has 0 bridgehead atoms. The Hall–Kier alpha value is -4.01. The number of esters is 1. The Labute approximate surface area is 207 Å². The molecule has 0 unspecified atom stereocenters. The van der Waals surface area contributed by atoms with Gasteiger partial charge in [0.05, 0.1) is 13.7 Å². The molecular formula is C27H26F3NO5. The van der Waals surface area contributed by atoms with Crippen LogP contribution in [0.5, 0.6) is 17.2 Å². The first-order valence-electron chi connectivity index (χ1n) is 11.0. The lowest BCUT2D eigenvalue weighted by atomic mass is 9.87. The Balaban J connectivity index is 1.77. The van der Waals surface area contributed by atoms with Crippen LogP contribution in [0.25, 0.3) is 0 Å². The molecule has 0 radical (unpaired) electrons. The van der Waals surface area contributed by atoms with Crippen LogP contribution in [0.2, 0.25) is 0 Å². The quantitative estimate of drug-likeness (QED) is 0.290. The summed E-state index contributed by atoms with van der Waals surface area (Å²) in [5.74, 6) is -1.52. The van der Waals surface area contributed by atoms with Crippen LogP contribution < -0.4 is 14.4 Å². The summed E-state index contributed by atoms with van der Waals surface area (Å²) in [4.78, 5) is 26.0. The molecule has 0 N–H and O–H groups in total. The molecule has 6 nitrogen and oxygen atoms in total. The first kappa shape index (κ1) is 26.6. The summed E-state index contributed by atoms with van der Waals surface area (Å²) in [6.45, 7) is 6.44.